The Morgan fingerprint density at radius 3 is 2.86 bits per heavy atom. The highest BCUT2D eigenvalue weighted by molar-refractivity contribution is 5.39. The molecule has 0 aromatic heterocycles. The average Bonchev–Trinajstić information content (AvgIpc) is 2.30. The molecule has 72 valence electrons. The fourth-order valence-electron chi connectivity index (χ4n) is 2.02. The summed E-state index contributed by atoms with van der Waals surface area (Å²) in [6.45, 7) is 1.07. The summed E-state index contributed by atoms with van der Waals surface area (Å²) in [7, 11) is 0. The van der Waals surface area contributed by atoms with E-state index in [1.807, 2.05) is 18.2 Å². The van der Waals surface area contributed by atoms with Crippen LogP contribution in [0.4, 0.5) is 0 Å². The lowest BCUT2D eigenvalue weighted by atomic mass is 9.94. The van der Waals surface area contributed by atoms with Gasteiger partial charge in [0.15, 0.2) is 0 Å². The second kappa shape index (κ2) is 4.26. The van der Waals surface area contributed by atoms with Crippen molar-refractivity contribution in [3.63, 3.8) is 0 Å². The lowest BCUT2D eigenvalue weighted by Gasteiger charge is -2.24. The van der Waals surface area contributed by atoms with E-state index in [4.69, 9.17) is 5.26 Å². The summed E-state index contributed by atoms with van der Waals surface area (Å²) in [6.07, 6.45) is 3.67. The van der Waals surface area contributed by atoms with Crippen LogP contribution in [0.3, 0.4) is 0 Å². The van der Waals surface area contributed by atoms with Crippen molar-refractivity contribution < 1.29 is 0 Å². The molecule has 2 heteroatoms. The third-order valence-corrected chi connectivity index (χ3v) is 2.77. The van der Waals surface area contributed by atoms with E-state index in [0.717, 1.165) is 24.1 Å². The predicted molar refractivity (Wildman–Crippen MR) is 55.8 cm³/mol. The fourth-order valence-corrected chi connectivity index (χ4v) is 2.02. The Labute approximate surface area is 84.6 Å². The van der Waals surface area contributed by atoms with Crippen molar-refractivity contribution in [3.8, 4) is 6.07 Å². The maximum absolute atomic E-state index is 8.97. The first kappa shape index (κ1) is 9.23. The second-order valence-corrected chi connectivity index (χ2v) is 3.70. The van der Waals surface area contributed by atoms with Crippen LogP contribution in [-0.4, -0.2) is 6.54 Å². The van der Waals surface area contributed by atoms with Crippen molar-refractivity contribution in [1.29, 1.82) is 5.26 Å². The maximum atomic E-state index is 8.97. The molecule has 1 N–H and O–H groups in total. The zero-order chi connectivity index (χ0) is 9.80. The molecule has 14 heavy (non-hydrogen) atoms. The summed E-state index contributed by atoms with van der Waals surface area (Å²) in [5.74, 6) is 0. The molecular weight excluding hydrogens is 172 g/mol. The molecule has 1 aromatic rings. The van der Waals surface area contributed by atoms with E-state index in [2.05, 4.69) is 17.5 Å². The molecular formula is C12H14N2. The first-order chi connectivity index (χ1) is 6.92. The fraction of sp³-hybridized carbons (Fsp3) is 0.417. The van der Waals surface area contributed by atoms with Gasteiger partial charge in [-0.05, 0) is 31.0 Å². The number of nitrogens with one attached hydrogen (secondary N) is 1. The van der Waals surface area contributed by atoms with Gasteiger partial charge in [-0.3, -0.25) is 0 Å². The lowest BCUT2D eigenvalue weighted by Crippen LogP contribution is -2.27. The highest BCUT2D eigenvalue weighted by atomic mass is 14.9. The molecule has 0 bridgehead atoms. The maximum Gasteiger partial charge on any atom is 0.0995 e. The summed E-state index contributed by atoms with van der Waals surface area (Å²) in [5, 5.41) is 12.4. The Kier molecular flexibility index (Phi) is 2.81. The van der Waals surface area contributed by atoms with E-state index in [0.29, 0.717) is 6.04 Å². The number of hydrogen-bond acceptors (Lipinski definition) is 2. The van der Waals surface area contributed by atoms with Crippen molar-refractivity contribution in [2.75, 3.05) is 6.54 Å². The minimum Gasteiger partial charge on any atom is -0.310 e. The van der Waals surface area contributed by atoms with Gasteiger partial charge in [-0.25, -0.2) is 0 Å². The van der Waals surface area contributed by atoms with Gasteiger partial charge in [0.1, 0.15) is 0 Å². The zero-order valence-corrected chi connectivity index (χ0v) is 8.16. The molecule has 0 aliphatic carbocycles. The molecule has 0 saturated carbocycles. The molecule has 2 nitrogen and oxygen atoms in total. The number of nitriles is 1. The highest BCUT2D eigenvalue weighted by Gasteiger charge is 2.16. The van der Waals surface area contributed by atoms with Crippen LogP contribution in [0.2, 0.25) is 0 Å². The van der Waals surface area contributed by atoms with Gasteiger partial charge in [0.25, 0.3) is 0 Å². The van der Waals surface area contributed by atoms with Gasteiger partial charge in [-0.1, -0.05) is 24.6 Å². The Balaban J connectivity index is 2.26. The number of hydrogen-bond donors (Lipinski definition) is 1. The monoisotopic (exact) mass is 186 g/mol. The van der Waals surface area contributed by atoms with Crippen molar-refractivity contribution >= 4 is 0 Å². The van der Waals surface area contributed by atoms with Crippen molar-refractivity contribution in [3.05, 3.63) is 35.4 Å². The summed E-state index contributed by atoms with van der Waals surface area (Å²) >= 11 is 0. The van der Waals surface area contributed by atoms with E-state index in [1.54, 1.807) is 0 Å². The molecule has 0 unspecified atom stereocenters. The molecule has 1 aromatic carbocycles. The summed E-state index contributed by atoms with van der Waals surface area (Å²) in [6, 6.07) is 10.5. The van der Waals surface area contributed by atoms with E-state index in [1.165, 1.54) is 12.8 Å². The van der Waals surface area contributed by atoms with Gasteiger partial charge >= 0.3 is 0 Å². The van der Waals surface area contributed by atoms with Crippen LogP contribution in [0.15, 0.2) is 24.3 Å². The molecule has 1 saturated heterocycles. The van der Waals surface area contributed by atoms with Crippen molar-refractivity contribution in [1.82, 2.24) is 5.32 Å². The number of nitrogens with zero attached hydrogens (tertiary/aromatic N) is 1. The highest BCUT2D eigenvalue weighted by Crippen LogP contribution is 2.25. The van der Waals surface area contributed by atoms with E-state index in [-0.39, 0.29) is 0 Å². The van der Waals surface area contributed by atoms with Crippen molar-refractivity contribution in [2.45, 2.75) is 25.3 Å². The van der Waals surface area contributed by atoms with Crippen LogP contribution in [0.5, 0.6) is 0 Å². The Morgan fingerprint density at radius 2 is 2.14 bits per heavy atom. The molecule has 1 aliphatic rings. The Morgan fingerprint density at radius 1 is 1.29 bits per heavy atom. The van der Waals surface area contributed by atoms with Gasteiger partial charge in [0.05, 0.1) is 11.6 Å². The summed E-state index contributed by atoms with van der Waals surface area (Å²) in [5.41, 5.74) is 1.97. The molecule has 0 spiro atoms. The summed E-state index contributed by atoms with van der Waals surface area (Å²) in [4.78, 5) is 0. The number of rotatable bonds is 1. The molecule has 0 radical (unpaired) electrons. The topological polar surface area (TPSA) is 35.8 Å². The van der Waals surface area contributed by atoms with E-state index in [9.17, 15) is 0 Å². The first-order valence-electron chi connectivity index (χ1n) is 5.14. The molecule has 0 amide bonds. The van der Waals surface area contributed by atoms with Crippen LogP contribution in [-0.2, 0) is 0 Å². The number of benzene rings is 1. The SMILES string of the molecule is N#Cc1ccccc1[C@@H]1CCCCN1. The third-order valence-electron chi connectivity index (χ3n) is 2.77. The molecule has 1 atom stereocenters. The van der Waals surface area contributed by atoms with Crippen LogP contribution in [0.1, 0.15) is 36.4 Å². The summed E-state index contributed by atoms with van der Waals surface area (Å²) < 4.78 is 0. The van der Waals surface area contributed by atoms with Crippen LogP contribution in [0.25, 0.3) is 0 Å². The van der Waals surface area contributed by atoms with Crippen LogP contribution in [0, 0.1) is 11.3 Å². The molecule has 1 aliphatic heterocycles. The Bertz CT molecular complexity index is 346. The lowest BCUT2D eigenvalue weighted by molar-refractivity contribution is 0.412. The standard InChI is InChI=1S/C12H14N2/c13-9-10-5-1-2-6-11(10)12-7-3-4-8-14-12/h1-2,5-6,12,14H,3-4,7-8H2/t12-/m0/s1. The third kappa shape index (κ3) is 1.78. The second-order valence-electron chi connectivity index (χ2n) is 3.70. The van der Waals surface area contributed by atoms with Gasteiger partial charge in [0.2, 0.25) is 0 Å². The molecule has 1 heterocycles. The largest absolute Gasteiger partial charge is 0.310 e. The van der Waals surface area contributed by atoms with E-state index >= 15 is 0 Å². The minimum atomic E-state index is 0.389. The smallest absolute Gasteiger partial charge is 0.0995 e. The first-order valence-corrected chi connectivity index (χ1v) is 5.14. The normalized spacial score (nSPS) is 21.5. The van der Waals surface area contributed by atoms with Gasteiger partial charge in [0, 0.05) is 6.04 Å². The van der Waals surface area contributed by atoms with E-state index < -0.39 is 0 Å². The van der Waals surface area contributed by atoms with Crippen molar-refractivity contribution in [2.24, 2.45) is 0 Å². The van der Waals surface area contributed by atoms with Gasteiger partial charge in [-0.2, -0.15) is 5.26 Å². The van der Waals surface area contributed by atoms with Crippen LogP contribution < -0.4 is 5.32 Å². The van der Waals surface area contributed by atoms with Gasteiger partial charge < -0.3 is 5.32 Å². The van der Waals surface area contributed by atoms with Gasteiger partial charge in [-0.15, -0.1) is 0 Å². The number of piperidine rings is 1. The quantitative estimate of drug-likeness (QED) is 0.731. The zero-order valence-electron chi connectivity index (χ0n) is 8.16. The Hall–Kier alpha value is -1.33. The molecule has 1 fully saturated rings. The van der Waals surface area contributed by atoms with Crippen LogP contribution >= 0.6 is 0 Å². The minimum absolute atomic E-state index is 0.389. The average molecular weight is 186 g/mol. The predicted octanol–water partition coefficient (Wildman–Crippen LogP) is 2.37. The molecule has 2 rings (SSSR count).